The molecule has 124 valence electrons. The maximum absolute atomic E-state index is 11.4. The Kier molecular flexibility index (Phi) is 3.89. The van der Waals surface area contributed by atoms with Crippen LogP contribution in [0.5, 0.6) is 5.75 Å². The molecule has 7 heteroatoms. The van der Waals surface area contributed by atoms with Crippen LogP contribution in [0.25, 0.3) is 0 Å². The van der Waals surface area contributed by atoms with E-state index in [1.165, 1.54) is 4.90 Å². The maximum atomic E-state index is 11.4. The summed E-state index contributed by atoms with van der Waals surface area (Å²) in [6.45, 7) is 4.73. The van der Waals surface area contributed by atoms with Gasteiger partial charge in [-0.25, -0.2) is 9.59 Å². The van der Waals surface area contributed by atoms with Gasteiger partial charge < -0.3 is 19.3 Å². The zero-order chi connectivity index (χ0) is 16.6. The number of fused-ring (bicyclic) bond motifs is 1. The largest absolute Gasteiger partial charge is 0.491 e. The molecule has 0 aromatic heterocycles. The highest BCUT2D eigenvalue weighted by Gasteiger charge is 2.37. The Hall–Kier alpha value is -2.28. The monoisotopic (exact) mass is 321 g/mol. The van der Waals surface area contributed by atoms with Crippen molar-refractivity contribution in [1.29, 1.82) is 0 Å². The fourth-order valence-corrected chi connectivity index (χ4v) is 2.75. The van der Waals surface area contributed by atoms with E-state index >= 15 is 0 Å². The summed E-state index contributed by atoms with van der Waals surface area (Å²) in [7, 11) is 0. The van der Waals surface area contributed by atoms with Gasteiger partial charge in [-0.05, 0) is 32.0 Å². The normalized spacial score (nSPS) is 22.4. The van der Waals surface area contributed by atoms with Gasteiger partial charge in [0.15, 0.2) is 0 Å². The molecule has 7 nitrogen and oxygen atoms in total. The Morgan fingerprint density at radius 3 is 3.00 bits per heavy atom. The summed E-state index contributed by atoms with van der Waals surface area (Å²) in [4.78, 5) is 24.2. The van der Waals surface area contributed by atoms with Crippen molar-refractivity contribution in [2.45, 2.75) is 32.1 Å². The molecule has 2 aliphatic heterocycles. The number of carbonyl (C=O) groups excluding carboxylic acids is 1. The molecule has 1 aromatic carbocycles. The molecule has 2 heterocycles. The Balaban J connectivity index is 1.66. The average molecular weight is 321 g/mol. The summed E-state index contributed by atoms with van der Waals surface area (Å²) in [6.07, 6.45) is -0.983. The Labute approximate surface area is 133 Å². The van der Waals surface area contributed by atoms with E-state index in [1.807, 2.05) is 13.8 Å². The number of rotatable bonds is 3. The summed E-state index contributed by atoms with van der Waals surface area (Å²) in [5.74, 6) is 0.253. The molecule has 1 amide bonds. The molecule has 1 saturated heterocycles. The minimum atomic E-state index is -0.983. The van der Waals surface area contributed by atoms with Gasteiger partial charge in [0.05, 0.1) is 30.4 Å². The number of cyclic esters (lactones) is 1. The summed E-state index contributed by atoms with van der Waals surface area (Å²) < 4.78 is 16.3. The number of hydrogen-bond donors (Lipinski definition) is 1. The van der Waals surface area contributed by atoms with Gasteiger partial charge in [0.25, 0.3) is 0 Å². The molecule has 23 heavy (non-hydrogen) atoms. The summed E-state index contributed by atoms with van der Waals surface area (Å²) >= 11 is 0. The third-order valence-electron chi connectivity index (χ3n) is 4.00. The molecule has 3 rings (SSSR count). The summed E-state index contributed by atoms with van der Waals surface area (Å²) in [6, 6.07) is 4.73. The van der Waals surface area contributed by atoms with Gasteiger partial charge in [-0.15, -0.1) is 0 Å². The van der Waals surface area contributed by atoms with Gasteiger partial charge >= 0.3 is 12.1 Å². The molecule has 0 saturated carbocycles. The zero-order valence-corrected chi connectivity index (χ0v) is 13.1. The number of carboxylic acid groups (broad SMARTS) is 1. The average Bonchev–Trinajstić information content (AvgIpc) is 2.86. The number of morpholine rings is 1. The van der Waals surface area contributed by atoms with Crippen LogP contribution in [0.2, 0.25) is 0 Å². The van der Waals surface area contributed by atoms with Crippen molar-refractivity contribution >= 4 is 12.1 Å². The van der Waals surface area contributed by atoms with Gasteiger partial charge in [-0.3, -0.25) is 4.90 Å². The molecule has 0 bridgehead atoms. The highest BCUT2D eigenvalue weighted by molar-refractivity contribution is 5.93. The van der Waals surface area contributed by atoms with Gasteiger partial charge in [0.2, 0.25) is 0 Å². The van der Waals surface area contributed by atoms with E-state index in [9.17, 15) is 14.7 Å². The minimum Gasteiger partial charge on any atom is -0.491 e. The van der Waals surface area contributed by atoms with Gasteiger partial charge in [-0.1, -0.05) is 0 Å². The van der Waals surface area contributed by atoms with Crippen LogP contribution in [0.4, 0.5) is 4.79 Å². The van der Waals surface area contributed by atoms with E-state index in [1.54, 1.807) is 18.2 Å². The van der Waals surface area contributed by atoms with Crippen LogP contribution in [0.1, 0.15) is 29.8 Å². The van der Waals surface area contributed by atoms with Gasteiger partial charge in [0, 0.05) is 5.56 Å². The van der Waals surface area contributed by atoms with Crippen LogP contribution in [0.15, 0.2) is 18.2 Å². The number of carbonyl (C=O) groups is 2. The van der Waals surface area contributed by atoms with Gasteiger partial charge in [0.1, 0.15) is 19.0 Å². The van der Waals surface area contributed by atoms with Crippen LogP contribution in [0, 0.1) is 0 Å². The zero-order valence-electron chi connectivity index (χ0n) is 13.1. The molecule has 1 unspecified atom stereocenters. The van der Waals surface area contributed by atoms with Crippen LogP contribution in [-0.2, 0) is 16.1 Å². The molecule has 2 aliphatic rings. The lowest BCUT2D eigenvalue weighted by atomic mass is 10.1. The van der Waals surface area contributed by atoms with E-state index in [2.05, 4.69) is 0 Å². The van der Waals surface area contributed by atoms with Crippen molar-refractivity contribution in [1.82, 2.24) is 4.90 Å². The number of esters is 1. The topological polar surface area (TPSA) is 85.3 Å². The molecule has 1 N–H and O–H groups in total. The quantitative estimate of drug-likeness (QED) is 0.856. The van der Waals surface area contributed by atoms with E-state index in [4.69, 9.17) is 14.2 Å². The lowest BCUT2D eigenvalue weighted by Gasteiger charge is -2.41. The van der Waals surface area contributed by atoms with Crippen LogP contribution >= 0.6 is 0 Å². The summed E-state index contributed by atoms with van der Waals surface area (Å²) in [5.41, 5.74) is 0.830. The van der Waals surface area contributed by atoms with Crippen molar-refractivity contribution in [3.8, 4) is 5.75 Å². The van der Waals surface area contributed by atoms with Crippen LogP contribution in [0.3, 0.4) is 0 Å². The van der Waals surface area contributed by atoms with Crippen molar-refractivity contribution in [3.63, 3.8) is 0 Å². The highest BCUT2D eigenvalue weighted by Crippen LogP contribution is 2.26. The number of nitrogens with zero attached hydrogens (tertiary/aromatic N) is 1. The third kappa shape index (κ3) is 3.24. The second-order valence-electron chi connectivity index (χ2n) is 6.34. The van der Waals surface area contributed by atoms with Crippen LogP contribution < -0.4 is 4.74 Å². The minimum absolute atomic E-state index is 0.190. The first-order valence-corrected chi connectivity index (χ1v) is 7.42. The van der Waals surface area contributed by atoms with Crippen molar-refractivity contribution in [3.05, 3.63) is 29.3 Å². The number of hydrogen-bond acceptors (Lipinski definition) is 5. The first-order valence-electron chi connectivity index (χ1n) is 7.42. The lowest BCUT2D eigenvalue weighted by Crippen LogP contribution is -2.57. The van der Waals surface area contributed by atoms with E-state index < -0.39 is 11.7 Å². The first kappa shape index (κ1) is 15.6. The fourth-order valence-electron chi connectivity index (χ4n) is 2.75. The van der Waals surface area contributed by atoms with E-state index in [0.29, 0.717) is 17.9 Å². The van der Waals surface area contributed by atoms with E-state index in [0.717, 1.165) is 5.56 Å². The standard InChI is InChI=1S/C16H19NO6/c1-16(2)9-17(15(19)20)11(8-23-16)7-21-12-3-4-13-10(5-12)6-22-14(13)18/h3-5,11H,6-9H2,1-2H3,(H,19,20). The smallest absolute Gasteiger partial charge is 0.407 e. The van der Waals surface area contributed by atoms with E-state index in [-0.39, 0.29) is 31.8 Å². The molecule has 1 fully saturated rings. The third-order valence-corrected chi connectivity index (χ3v) is 4.00. The Bertz CT molecular complexity index is 641. The molecule has 0 radical (unpaired) electrons. The second-order valence-corrected chi connectivity index (χ2v) is 6.34. The Morgan fingerprint density at radius 1 is 1.48 bits per heavy atom. The van der Waals surface area contributed by atoms with Crippen molar-refractivity contribution in [2.75, 3.05) is 19.8 Å². The molecule has 1 atom stereocenters. The predicted molar refractivity (Wildman–Crippen MR) is 79.6 cm³/mol. The molecular formula is C16H19NO6. The molecule has 1 aromatic rings. The predicted octanol–water partition coefficient (Wildman–Crippen LogP) is 1.89. The molecule has 0 aliphatic carbocycles. The Morgan fingerprint density at radius 2 is 2.26 bits per heavy atom. The van der Waals surface area contributed by atoms with Crippen LogP contribution in [-0.4, -0.2) is 53.5 Å². The number of ether oxygens (including phenoxy) is 3. The van der Waals surface area contributed by atoms with Crippen molar-refractivity contribution in [2.24, 2.45) is 0 Å². The number of benzene rings is 1. The second kappa shape index (κ2) is 5.73. The lowest BCUT2D eigenvalue weighted by molar-refractivity contribution is -0.111. The molecular weight excluding hydrogens is 302 g/mol. The summed E-state index contributed by atoms with van der Waals surface area (Å²) in [5, 5.41) is 9.35. The number of amides is 1. The molecule has 0 spiro atoms. The van der Waals surface area contributed by atoms with Crippen molar-refractivity contribution < 1.29 is 28.9 Å². The fraction of sp³-hybridized carbons (Fsp3) is 0.500. The maximum Gasteiger partial charge on any atom is 0.407 e. The SMILES string of the molecule is CC1(C)CN(C(=O)O)C(COc2ccc3c(c2)COC3=O)CO1. The first-order chi connectivity index (χ1) is 10.9. The highest BCUT2D eigenvalue weighted by atomic mass is 16.5. The van der Waals surface area contributed by atoms with Gasteiger partial charge in [-0.2, -0.15) is 0 Å².